The van der Waals surface area contributed by atoms with E-state index in [0.717, 1.165) is 27.8 Å². The molecule has 1 aromatic carbocycles. The first-order chi connectivity index (χ1) is 14.3. The lowest BCUT2D eigenvalue weighted by atomic mass is 10.0. The number of halogens is 1. The Balaban J connectivity index is 1.72. The Morgan fingerprint density at radius 2 is 1.77 bits per heavy atom. The van der Waals surface area contributed by atoms with Gasteiger partial charge in [-0.1, -0.05) is 23.7 Å². The molecule has 7 nitrogen and oxygen atoms in total. The lowest BCUT2D eigenvalue weighted by Crippen LogP contribution is -2.27. The van der Waals surface area contributed by atoms with E-state index >= 15 is 0 Å². The van der Waals surface area contributed by atoms with Crippen LogP contribution in [-0.4, -0.2) is 31.6 Å². The van der Waals surface area contributed by atoms with Gasteiger partial charge in [-0.2, -0.15) is 0 Å². The fraction of sp³-hybridized carbons (Fsp3) is 0.182. The number of aromatic nitrogens is 4. The number of H-pyrrole nitrogens is 1. The van der Waals surface area contributed by atoms with Crippen LogP contribution in [0.4, 0.5) is 10.5 Å². The number of aromatic amines is 1. The van der Waals surface area contributed by atoms with Crippen molar-refractivity contribution in [3.63, 3.8) is 0 Å². The quantitative estimate of drug-likeness (QED) is 0.443. The summed E-state index contributed by atoms with van der Waals surface area (Å²) in [4.78, 5) is 28.0. The molecule has 30 heavy (non-hydrogen) atoms. The number of rotatable bonds is 3. The molecule has 0 saturated carbocycles. The SMILES string of the molecule is CC(C)(C)OC(=O)Nc1ccc(-c2[nH]c3ncc(Cl)cc3c2-c2cncnc2)cc1. The summed E-state index contributed by atoms with van der Waals surface area (Å²) in [5.74, 6) is 0. The number of nitrogens with one attached hydrogen (secondary N) is 2. The molecule has 0 atom stereocenters. The maximum absolute atomic E-state index is 12.0. The fourth-order valence-corrected chi connectivity index (χ4v) is 3.29. The van der Waals surface area contributed by atoms with Gasteiger partial charge in [0.15, 0.2) is 0 Å². The largest absolute Gasteiger partial charge is 0.444 e. The highest BCUT2D eigenvalue weighted by atomic mass is 35.5. The summed E-state index contributed by atoms with van der Waals surface area (Å²) in [7, 11) is 0. The highest BCUT2D eigenvalue weighted by Crippen LogP contribution is 2.38. The average molecular weight is 422 g/mol. The monoisotopic (exact) mass is 421 g/mol. The van der Waals surface area contributed by atoms with Crippen LogP contribution < -0.4 is 5.32 Å². The number of anilines is 1. The number of hydrogen-bond acceptors (Lipinski definition) is 5. The van der Waals surface area contributed by atoms with E-state index in [9.17, 15) is 4.79 Å². The van der Waals surface area contributed by atoms with E-state index in [2.05, 4.69) is 25.3 Å². The smallest absolute Gasteiger partial charge is 0.412 e. The molecule has 2 N–H and O–H groups in total. The summed E-state index contributed by atoms with van der Waals surface area (Å²) in [5.41, 5.74) is 4.32. The maximum Gasteiger partial charge on any atom is 0.412 e. The number of carbonyl (C=O) groups excluding carboxylic acids is 1. The van der Waals surface area contributed by atoms with Crippen molar-refractivity contribution >= 4 is 34.4 Å². The molecule has 0 aliphatic carbocycles. The molecule has 3 aromatic heterocycles. The summed E-state index contributed by atoms with van der Waals surface area (Å²) >= 11 is 6.19. The molecule has 3 heterocycles. The predicted octanol–water partition coefficient (Wildman–Crippen LogP) is 5.69. The van der Waals surface area contributed by atoms with Crippen molar-refractivity contribution in [1.82, 2.24) is 19.9 Å². The van der Waals surface area contributed by atoms with Crippen LogP contribution in [0.5, 0.6) is 0 Å². The third-order valence-corrected chi connectivity index (χ3v) is 4.49. The van der Waals surface area contributed by atoms with Crippen molar-refractivity contribution in [1.29, 1.82) is 0 Å². The Hall–Kier alpha value is -3.45. The Bertz CT molecular complexity index is 1200. The van der Waals surface area contributed by atoms with Crippen LogP contribution in [0, 0.1) is 0 Å². The first-order valence-corrected chi connectivity index (χ1v) is 9.71. The maximum atomic E-state index is 12.0. The number of ether oxygens (including phenoxy) is 1. The standard InChI is InChI=1S/C22H20ClN5O2/c1-22(2,3)30-21(29)27-16-6-4-13(5-7-16)19-18(14-9-24-12-25-10-14)17-8-15(23)11-26-20(17)28-19/h4-12H,1-3H3,(H,26,28)(H,27,29). The van der Waals surface area contributed by atoms with Gasteiger partial charge in [-0.05, 0) is 44.5 Å². The zero-order valence-electron chi connectivity index (χ0n) is 16.7. The number of hydrogen-bond donors (Lipinski definition) is 2. The molecule has 8 heteroatoms. The number of fused-ring (bicyclic) bond motifs is 1. The van der Waals surface area contributed by atoms with Gasteiger partial charge < -0.3 is 9.72 Å². The van der Waals surface area contributed by atoms with Gasteiger partial charge in [0.25, 0.3) is 0 Å². The summed E-state index contributed by atoms with van der Waals surface area (Å²) in [6.45, 7) is 5.46. The van der Waals surface area contributed by atoms with Gasteiger partial charge in [-0.15, -0.1) is 0 Å². The molecule has 0 fully saturated rings. The van der Waals surface area contributed by atoms with Gasteiger partial charge in [-0.25, -0.2) is 19.7 Å². The van der Waals surface area contributed by atoms with Gasteiger partial charge in [0, 0.05) is 40.8 Å². The van der Waals surface area contributed by atoms with E-state index < -0.39 is 11.7 Å². The van der Waals surface area contributed by atoms with Crippen LogP contribution in [0.3, 0.4) is 0 Å². The molecule has 0 saturated heterocycles. The van der Waals surface area contributed by atoms with E-state index in [-0.39, 0.29) is 0 Å². The van der Waals surface area contributed by atoms with Crippen molar-refractivity contribution in [2.24, 2.45) is 0 Å². The molecule has 1 amide bonds. The van der Waals surface area contributed by atoms with Crippen LogP contribution in [0.2, 0.25) is 5.02 Å². The molecule has 0 bridgehead atoms. The fourth-order valence-electron chi connectivity index (χ4n) is 3.13. The molecular formula is C22H20ClN5O2. The number of carbonyl (C=O) groups is 1. The Morgan fingerprint density at radius 1 is 1.07 bits per heavy atom. The minimum Gasteiger partial charge on any atom is -0.444 e. The minimum absolute atomic E-state index is 0.498. The number of amides is 1. The van der Waals surface area contributed by atoms with Crippen molar-refractivity contribution in [3.8, 4) is 22.4 Å². The number of pyridine rings is 1. The van der Waals surface area contributed by atoms with Gasteiger partial charge >= 0.3 is 6.09 Å². The molecule has 152 valence electrons. The van der Waals surface area contributed by atoms with Crippen LogP contribution >= 0.6 is 11.6 Å². The third-order valence-electron chi connectivity index (χ3n) is 4.29. The van der Waals surface area contributed by atoms with Crippen LogP contribution in [0.1, 0.15) is 20.8 Å². The Morgan fingerprint density at radius 3 is 2.43 bits per heavy atom. The summed E-state index contributed by atoms with van der Waals surface area (Å²) in [6, 6.07) is 9.32. The van der Waals surface area contributed by atoms with E-state index in [1.54, 1.807) is 18.6 Å². The first-order valence-electron chi connectivity index (χ1n) is 9.33. The molecule has 4 aromatic rings. The second-order valence-electron chi connectivity index (χ2n) is 7.76. The van der Waals surface area contributed by atoms with Gasteiger partial charge in [-0.3, -0.25) is 5.32 Å². The topological polar surface area (TPSA) is 92.8 Å². The van der Waals surface area contributed by atoms with Gasteiger partial charge in [0.2, 0.25) is 0 Å². The Labute approximate surface area is 178 Å². The molecule has 0 aliphatic rings. The van der Waals surface area contributed by atoms with Crippen molar-refractivity contribution < 1.29 is 9.53 Å². The molecule has 0 radical (unpaired) electrons. The molecular weight excluding hydrogens is 402 g/mol. The third kappa shape index (κ3) is 4.26. The highest BCUT2D eigenvalue weighted by molar-refractivity contribution is 6.31. The minimum atomic E-state index is -0.560. The second kappa shape index (κ2) is 7.76. The first kappa shape index (κ1) is 19.8. The molecule has 0 spiro atoms. The van der Waals surface area contributed by atoms with E-state index in [4.69, 9.17) is 16.3 Å². The molecule has 0 aliphatic heterocycles. The zero-order valence-corrected chi connectivity index (χ0v) is 17.5. The van der Waals surface area contributed by atoms with Crippen LogP contribution in [-0.2, 0) is 4.74 Å². The van der Waals surface area contributed by atoms with Gasteiger partial charge in [0.05, 0.1) is 10.7 Å². The van der Waals surface area contributed by atoms with Crippen LogP contribution in [0.15, 0.2) is 55.2 Å². The normalized spacial score (nSPS) is 11.5. The lowest BCUT2D eigenvalue weighted by Gasteiger charge is -2.19. The number of nitrogens with zero attached hydrogens (tertiary/aromatic N) is 3. The van der Waals surface area contributed by atoms with Crippen molar-refractivity contribution in [2.75, 3.05) is 5.32 Å². The lowest BCUT2D eigenvalue weighted by molar-refractivity contribution is 0.0636. The van der Waals surface area contributed by atoms with E-state index in [1.807, 2.05) is 51.1 Å². The molecule has 0 unspecified atom stereocenters. The highest BCUT2D eigenvalue weighted by Gasteiger charge is 2.18. The van der Waals surface area contributed by atoms with Crippen molar-refractivity contribution in [2.45, 2.75) is 26.4 Å². The van der Waals surface area contributed by atoms with Gasteiger partial charge in [0.1, 0.15) is 17.6 Å². The second-order valence-corrected chi connectivity index (χ2v) is 8.19. The summed E-state index contributed by atoms with van der Waals surface area (Å²) in [6.07, 6.45) is 6.09. The van der Waals surface area contributed by atoms with Crippen LogP contribution in [0.25, 0.3) is 33.4 Å². The average Bonchev–Trinajstić information content (AvgIpc) is 3.06. The summed E-state index contributed by atoms with van der Waals surface area (Å²) in [5, 5.41) is 4.16. The zero-order chi connectivity index (χ0) is 21.3. The predicted molar refractivity (Wildman–Crippen MR) is 117 cm³/mol. The Kier molecular flexibility index (Phi) is 5.13. The van der Waals surface area contributed by atoms with Crippen molar-refractivity contribution in [3.05, 3.63) is 60.3 Å². The number of benzene rings is 1. The molecule has 4 rings (SSSR count). The van der Waals surface area contributed by atoms with E-state index in [1.165, 1.54) is 6.33 Å². The summed E-state index contributed by atoms with van der Waals surface area (Å²) < 4.78 is 5.29. The van der Waals surface area contributed by atoms with E-state index in [0.29, 0.717) is 16.4 Å².